The Labute approximate surface area is 72.1 Å². The molecule has 0 heterocycles. The minimum Gasteiger partial charge on any atom is -0.469 e. The normalized spacial score (nSPS) is 28.4. The van der Waals surface area contributed by atoms with E-state index < -0.39 is 0 Å². The largest absolute Gasteiger partial charge is 0.469 e. The molecular formula is C9H14O3. The van der Waals surface area contributed by atoms with Gasteiger partial charge < -0.3 is 9.53 Å². The molecule has 1 fully saturated rings. The van der Waals surface area contributed by atoms with Crippen molar-refractivity contribution in [1.82, 2.24) is 0 Å². The molecule has 12 heavy (non-hydrogen) atoms. The zero-order valence-electron chi connectivity index (χ0n) is 7.29. The van der Waals surface area contributed by atoms with Gasteiger partial charge in [-0.05, 0) is 18.8 Å². The van der Waals surface area contributed by atoms with Crippen molar-refractivity contribution >= 4 is 12.3 Å². The molecule has 0 aromatic heterocycles. The van der Waals surface area contributed by atoms with Crippen LogP contribution in [0.2, 0.25) is 0 Å². The van der Waals surface area contributed by atoms with Crippen LogP contribution in [0, 0.1) is 11.8 Å². The Bertz CT molecular complexity index is 177. The number of rotatable bonds is 3. The number of carbonyl (C=O) groups excluding carboxylic acids is 2. The summed E-state index contributed by atoms with van der Waals surface area (Å²) in [5.74, 6) is 0.118. The zero-order valence-corrected chi connectivity index (χ0v) is 7.29. The van der Waals surface area contributed by atoms with E-state index >= 15 is 0 Å². The van der Waals surface area contributed by atoms with Gasteiger partial charge in [0.25, 0.3) is 0 Å². The lowest BCUT2D eigenvalue weighted by atomic mass is 9.94. The molecule has 1 aliphatic rings. The Morgan fingerprint density at radius 2 is 2.33 bits per heavy atom. The number of hydrogen-bond donors (Lipinski definition) is 0. The highest BCUT2D eigenvalue weighted by Gasteiger charge is 2.28. The van der Waals surface area contributed by atoms with E-state index in [0.29, 0.717) is 6.42 Å². The smallest absolute Gasteiger partial charge is 0.305 e. The summed E-state index contributed by atoms with van der Waals surface area (Å²) in [4.78, 5) is 21.4. The lowest BCUT2D eigenvalue weighted by molar-refractivity contribution is -0.142. The van der Waals surface area contributed by atoms with Gasteiger partial charge in [-0.2, -0.15) is 0 Å². The van der Waals surface area contributed by atoms with Crippen LogP contribution in [0.1, 0.15) is 25.7 Å². The minimum absolute atomic E-state index is 0.0871. The van der Waals surface area contributed by atoms with Crippen LogP contribution in [0.25, 0.3) is 0 Å². The van der Waals surface area contributed by atoms with Crippen LogP contribution >= 0.6 is 0 Å². The van der Waals surface area contributed by atoms with Crippen molar-refractivity contribution in [3.8, 4) is 0 Å². The van der Waals surface area contributed by atoms with Gasteiger partial charge in [0.05, 0.1) is 7.11 Å². The Hall–Kier alpha value is -0.860. The molecule has 3 nitrogen and oxygen atoms in total. The van der Waals surface area contributed by atoms with Crippen LogP contribution in [0.15, 0.2) is 0 Å². The molecule has 0 aromatic rings. The first-order valence-corrected chi connectivity index (χ1v) is 4.30. The summed E-state index contributed by atoms with van der Waals surface area (Å²) in [5, 5.41) is 0. The summed E-state index contributed by atoms with van der Waals surface area (Å²) < 4.78 is 4.55. The SMILES string of the molecule is COC(=O)C[C@H]1CCCC1C=O. The fourth-order valence-electron chi connectivity index (χ4n) is 1.80. The highest BCUT2D eigenvalue weighted by Crippen LogP contribution is 2.32. The van der Waals surface area contributed by atoms with E-state index in [4.69, 9.17) is 0 Å². The van der Waals surface area contributed by atoms with Crippen molar-refractivity contribution in [2.75, 3.05) is 7.11 Å². The number of esters is 1. The van der Waals surface area contributed by atoms with Gasteiger partial charge >= 0.3 is 5.97 Å². The first-order valence-electron chi connectivity index (χ1n) is 4.30. The van der Waals surface area contributed by atoms with E-state index in [-0.39, 0.29) is 17.8 Å². The van der Waals surface area contributed by atoms with Gasteiger partial charge in [0.1, 0.15) is 6.29 Å². The third-order valence-corrected chi connectivity index (χ3v) is 2.55. The summed E-state index contributed by atoms with van der Waals surface area (Å²) in [6.45, 7) is 0. The molecule has 0 saturated heterocycles. The summed E-state index contributed by atoms with van der Waals surface area (Å²) in [6, 6.07) is 0. The maximum Gasteiger partial charge on any atom is 0.305 e. The number of carbonyl (C=O) groups is 2. The van der Waals surface area contributed by atoms with Crippen LogP contribution in [0.4, 0.5) is 0 Å². The first-order chi connectivity index (χ1) is 5.77. The molecule has 0 amide bonds. The third kappa shape index (κ3) is 2.06. The maximum atomic E-state index is 10.9. The molecule has 1 rings (SSSR count). The molecular weight excluding hydrogens is 156 g/mol. The summed E-state index contributed by atoms with van der Waals surface area (Å²) in [7, 11) is 1.38. The van der Waals surface area contributed by atoms with Crippen molar-refractivity contribution in [2.45, 2.75) is 25.7 Å². The van der Waals surface area contributed by atoms with E-state index in [1.807, 2.05) is 0 Å². The minimum atomic E-state index is -0.200. The second-order valence-corrected chi connectivity index (χ2v) is 3.27. The lowest BCUT2D eigenvalue weighted by Gasteiger charge is -2.11. The molecule has 0 radical (unpaired) electrons. The number of aldehydes is 1. The predicted octanol–water partition coefficient (Wildman–Crippen LogP) is 1.16. The van der Waals surface area contributed by atoms with Crippen molar-refractivity contribution in [1.29, 1.82) is 0 Å². The summed E-state index contributed by atoms with van der Waals surface area (Å²) in [6.07, 6.45) is 4.36. The van der Waals surface area contributed by atoms with Gasteiger partial charge in [-0.3, -0.25) is 4.79 Å². The van der Waals surface area contributed by atoms with Crippen LogP contribution in [0.5, 0.6) is 0 Å². The molecule has 0 spiro atoms. The van der Waals surface area contributed by atoms with Crippen LogP contribution in [-0.2, 0) is 14.3 Å². The van der Waals surface area contributed by atoms with E-state index in [2.05, 4.69) is 4.74 Å². The van der Waals surface area contributed by atoms with E-state index in [1.165, 1.54) is 7.11 Å². The van der Waals surface area contributed by atoms with Gasteiger partial charge in [-0.1, -0.05) is 6.42 Å². The maximum absolute atomic E-state index is 10.9. The second-order valence-electron chi connectivity index (χ2n) is 3.27. The molecule has 3 heteroatoms. The molecule has 0 bridgehead atoms. The van der Waals surface area contributed by atoms with Gasteiger partial charge in [-0.15, -0.1) is 0 Å². The van der Waals surface area contributed by atoms with Gasteiger partial charge in [0, 0.05) is 12.3 Å². The average Bonchev–Trinajstić information content (AvgIpc) is 2.51. The van der Waals surface area contributed by atoms with Crippen molar-refractivity contribution in [2.24, 2.45) is 11.8 Å². The monoisotopic (exact) mass is 170 g/mol. The third-order valence-electron chi connectivity index (χ3n) is 2.55. The molecule has 1 unspecified atom stereocenters. The summed E-state index contributed by atoms with van der Waals surface area (Å²) >= 11 is 0. The fourth-order valence-corrected chi connectivity index (χ4v) is 1.80. The van der Waals surface area contributed by atoms with E-state index in [1.54, 1.807) is 0 Å². The Kier molecular flexibility index (Phi) is 3.26. The fraction of sp³-hybridized carbons (Fsp3) is 0.778. The van der Waals surface area contributed by atoms with Gasteiger partial charge in [-0.25, -0.2) is 0 Å². The molecule has 2 atom stereocenters. The molecule has 68 valence electrons. The van der Waals surface area contributed by atoms with Crippen molar-refractivity contribution in [3.63, 3.8) is 0 Å². The Balaban J connectivity index is 2.40. The molecule has 0 aliphatic heterocycles. The predicted molar refractivity (Wildman–Crippen MR) is 43.5 cm³/mol. The number of methoxy groups -OCH3 is 1. The molecule has 1 aliphatic carbocycles. The Morgan fingerprint density at radius 3 is 2.92 bits per heavy atom. The van der Waals surface area contributed by atoms with Crippen LogP contribution < -0.4 is 0 Å². The van der Waals surface area contributed by atoms with Crippen LogP contribution in [-0.4, -0.2) is 19.4 Å². The lowest BCUT2D eigenvalue weighted by Crippen LogP contribution is -2.14. The van der Waals surface area contributed by atoms with Gasteiger partial charge in [0.2, 0.25) is 0 Å². The molecule has 1 saturated carbocycles. The molecule has 0 aromatic carbocycles. The highest BCUT2D eigenvalue weighted by atomic mass is 16.5. The van der Waals surface area contributed by atoms with E-state index in [0.717, 1.165) is 25.5 Å². The Morgan fingerprint density at radius 1 is 1.58 bits per heavy atom. The second kappa shape index (κ2) is 4.24. The number of ether oxygens (including phenoxy) is 1. The highest BCUT2D eigenvalue weighted by molar-refractivity contribution is 5.70. The van der Waals surface area contributed by atoms with E-state index in [9.17, 15) is 9.59 Å². The van der Waals surface area contributed by atoms with Crippen molar-refractivity contribution < 1.29 is 14.3 Å². The van der Waals surface area contributed by atoms with Crippen molar-refractivity contribution in [3.05, 3.63) is 0 Å². The quantitative estimate of drug-likeness (QED) is 0.471. The molecule has 0 N–H and O–H groups in total. The topological polar surface area (TPSA) is 43.4 Å². The average molecular weight is 170 g/mol. The standard InChI is InChI=1S/C9H14O3/c1-12-9(11)5-7-3-2-4-8(7)6-10/h6-8H,2-5H2,1H3/t7-,8?/m1/s1. The van der Waals surface area contributed by atoms with Gasteiger partial charge in [0.15, 0.2) is 0 Å². The zero-order chi connectivity index (χ0) is 8.97. The summed E-state index contributed by atoms with van der Waals surface area (Å²) in [5.41, 5.74) is 0. The van der Waals surface area contributed by atoms with Crippen LogP contribution in [0.3, 0.4) is 0 Å². The number of hydrogen-bond acceptors (Lipinski definition) is 3. The first kappa shape index (κ1) is 9.23.